The van der Waals surface area contributed by atoms with E-state index in [1.165, 1.54) is 12.0 Å². The SMILES string of the molecule is COc1ccc(N2C(=O)C(O)=C(S(C)(=O)=O)[C@H]2c2ccccc2)cc1. The third-order valence-electron chi connectivity index (χ3n) is 4.03. The molecule has 0 bridgehead atoms. The third kappa shape index (κ3) is 2.98. The van der Waals surface area contributed by atoms with Crippen molar-refractivity contribution in [2.45, 2.75) is 6.04 Å². The Hall–Kier alpha value is -2.80. The van der Waals surface area contributed by atoms with Gasteiger partial charge in [0, 0.05) is 11.9 Å². The number of nitrogens with zero attached hydrogens (tertiary/aromatic N) is 1. The zero-order chi connectivity index (χ0) is 18.2. The molecule has 1 N–H and O–H groups in total. The quantitative estimate of drug-likeness (QED) is 0.907. The number of amides is 1. The molecule has 2 aromatic carbocycles. The van der Waals surface area contributed by atoms with Gasteiger partial charge in [0.25, 0.3) is 5.91 Å². The number of sulfone groups is 1. The summed E-state index contributed by atoms with van der Waals surface area (Å²) in [6.45, 7) is 0. The van der Waals surface area contributed by atoms with Crippen LogP contribution < -0.4 is 9.64 Å². The minimum Gasteiger partial charge on any atom is -0.502 e. The Labute approximate surface area is 145 Å². The summed E-state index contributed by atoms with van der Waals surface area (Å²) in [5.74, 6) is -0.890. The molecule has 1 aliphatic heterocycles. The molecule has 7 heteroatoms. The number of aliphatic hydroxyl groups excluding tert-OH is 1. The number of carbonyl (C=O) groups excluding carboxylic acids is 1. The Balaban J connectivity index is 2.18. The minimum atomic E-state index is -3.79. The van der Waals surface area contributed by atoms with E-state index in [1.807, 2.05) is 0 Å². The van der Waals surface area contributed by atoms with Crippen LogP contribution in [0.3, 0.4) is 0 Å². The second-order valence-corrected chi connectivity index (χ2v) is 7.66. The van der Waals surface area contributed by atoms with Crippen LogP contribution in [0.15, 0.2) is 65.3 Å². The Kier molecular flexibility index (Phi) is 4.26. The molecule has 0 aliphatic carbocycles. The first-order chi connectivity index (χ1) is 11.8. The van der Waals surface area contributed by atoms with E-state index in [0.29, 0.717) is 17.0 Å². The van der Waals surface area contributed by atoms with Crippen LogP contribution in [0.2, 0.25) is 0 Å². The second-order valence-electron chi connectivity index (χ2n) is 5.67. The summed E-state index contributed by atoms with van der Waals surface area (Å²) in [7, 11) is -2.27. The van der Waals surface area contributed by atoms with Gasteiger partial charge in [-0.1, -0.05) is 30.3 Å². The lowest BCUT2D eigenvalue weighted by Crippen LogP contribution is -2.30. The number of benzene rings is 2. The first-order valence-electron chi connectivity index (χ1n) is 7.50. The fraction of sp³-hybridized carbons (Fsp3) is 0.167. The molecule has 3 rings (SSSR count). The summed E-state index contributed by atoms with van der Waals surface area (Å²) in [5, 5.41) is 10.2. The molecule has 1 atom stereocenters. The van der Waals surface area contributed by atoms with Crippen LogP contribution >= 0.6 is 0 Å². The average Bonchev–Trinajstić information content (AvgIpc) is 2.87. The highest BCUT2D eigenvalue weighted by molar-refractivity contribution is 7.94. The van der Waals surface area contributed by atoms with Gasteiger partial charge in [0.05, 0.1) is 7.11 Å². The van der Waals surface area contributed by atoms with Gasteiger partial charge >= 0.3 is 0 Å². The Bertz CT molecular complexity index is 933. The molecule has 25 heavy (non-hydrogen) atoms. The number of methoxy groups -OCH3 is 1. The normalized spacial score (nSPS) is 17.9. The van der Waals surface area contributed by atoms with Crippen LogP contribution in [0.1, 0.15) is 11.6 Å². The van der Waals surface area contributed by atoms with Crippen LogP contribution in [0.5, 0.6) is 5.75 Å². The summed E-state index contributed by atoms with van der Waals surface area (Å²) in [4.78, 5) is 13.6. The maximum Gasteiger partial charge on any atom is 0.295 e. The zero-order valence-corrected chi connectivity index (χ0v) is 14.5. The average molecular weight is 359 g/mol. The molecule has 0 saturated carbocycles. The van der Waals surface area contributed by atoms with Gasteiger partial charge in [-0.2, -0.15) is 0 Å². The molecule has 0 saturated heterocycles. The standard InChI is InChI=1S/C18H17NO5S/c1-24-14-10-8-13(9-11-14)19-15(12-6-4-3-5-7-12)17(25(2,22)23)16(20)18(19)21/h3-11,15,20H,1-2H3/t15-/m1/s1. The topological polar surface area (TPSA) is 83.9 Å². The lowest BCUT2D eigenvalue weighted by atomic mass is 10.1. The van der Waals surface area contributed by atoms with Gasteiger partial charge in [0.1, 0.15) is 16.7 Å². The van der Waals surface area contributed by atoms with Gasteiger partial charge in [-0.05, 0) is 29.8 Å². The highest BCUT2D eigenvalue weighted by Gasteiger charge is 2.45. The fourth-order valence-corrected chi connectivity index (χ4v) is 3.99. The first-order valence-corrected chi connectivity index (χ1v) is 9.39. The van der Waals surface area contributed by atoms with E-state index >= 15 is 0 Å². The second kappa shape index (κ2) is 6.25. The van der Waals surface area contributed by atoms with Crippen molar-refractivity contribution in [1.82, 2.24) is 0 Å². The molecular weight excluding hydrogens is 342 g/mol. The summed E-state index contributed by atoms with van der Waals surface area (Å²) in [6.07, 6.45) is 0.985. The van der Waals surface area contributed by atoms with Gasteiger partial charge < -0.3 is 9.84 Å². The smallest absolute Gasteiger partial charge is 0.295 e. The van der Waals surface area contributed by atoms with Gasteiger partial charge in [-0.25, -0.2) is 8.42 Å². The van der Waals surface area contributed by atoms with Crippen molar-refractivity contribution in [3.63, 3.8) is 0 Å². The number of anilines is 1. The number of ether oxygens (including phenoxy) is 1. The molecule has 1 amide bonds. The Morgan fingerprint density at radius 3 is 2.16 bits per heavy atom. The van der Waals surface area contributed by atoms with Crippen molar-refractivity contribution in [3.05, 3.63) is 70.8 Å². The zero-order valence-electron chi connectivity index (χ0n) is 13.7. The van der Waals surface area contributed by atoms with E-state index < -0.39 is 27.5 Å². The van der Waals surface area contributed by atoms with Crippen LogP contribution in [0.4, 0.5) is 5.69 Å². The van der Waals surface area contributed by atoms with Crippen LogP contribution in [-0.4, -0.2) is 32.8 Å². The highest BCUT2D eigenvalue weighted by atomic mass is 32.2. The number of hydrogen-bond acceptors (Lipinski definition) is 5. The predicted molar refractivity (Wildman–Crippen MR) is 94.2 cm³/mol. The van der Waals surface area contributed by atoms with E-state index in [-0.39, 0.29) is 4.91 Å². The number of carbonyl (C=O) groups is 1. The van der Waals surface area contributed by atoms with Crippen LogP contribution in [0.25, 0.3) is 0 Å². The largest absolute Gasteiger partial charge is 0.502 e. The number of hydrogen-bond donors (Lipinski definition) is 1. The molecular formula is C18H17NO5S. The molecule has 0 unspecified atom stereocenters. The predicted octanol–water partition coefficient (Wildman–Crippen LogP) is 2.60. The summed E-state index contributed by atoms with van der Waals surface area (Å²) in [5.41, 5.74) is 1.06. The van der Waals surface area contributed by atoms with Crippen molar-refractivity contribution in [3.8, 4) is 5.75 Å². The van der Waals surface area contributed by atoms with Crippen molar-refractivity contribution >= 4 is 21.4 Å². The highest BCUT2D eigenvalue weighted by Crippen LogP contribution is 2.42. The van der Waals surface area contributed by atoms with Gasteiger partial charge in [-0.3, -0.25) is 9.69 Å². The lowest BCUT2D eigenvalue weighted by Gasteiger charge is -2.26. The van der Waals surface area contributed by atoms with Gasteiger partial charge in [-0.15, -0.1) is 0 Å². The summed E-state index contributed by atoms with van der Waals surface area (Å²) < 4.78 is 29.6. The molecule has 0 radical (unpaired) electrons. The third-order valence-corrected chi connectivity index (χ3v) is 5.24. The lowest BCUT2D eigenvalue weighted by molar-refractivity contribution is -0.117. The maximum atomic E-state index is 12.6. The van der Waals surface area contributed by atoms with Crippen molar-refractivity contribution in [2.75, 3.05) is 18.3 Å². The van der Waals surface area contributed by atoms with E-state index in [4.69, 9.17) is 4.74 Å². The molecule has 0 spiro atoms. The van der Waals surface area contributed by atoms with E-state index in [1.54, 1.807) is 54.6 Å². The van der Waals surface area contributed by atoms with E-state index in [9.17, 15) is 18.3 Å². The maximum absolute atomic E-state index is 12.6. The van der Waals surface area contributed by atoms with Crippen molar-refractivity contribution in [2.24, 2.45) is 0 Å². The van der Waals surface area contributed by atoms with Gasteiger partial charge in [0.15, 0.2) is 15.6 Å². The molecule has 0 aromatic heterocycles. The monoisotopic (exact) mass is 359 g/mol. The summed E-state index contributed by atoms with van der Waals surface area (Å²) >= 11 is 0. The Morgan fingerprint density at radius 2 is 1.64 bits per heavy atom. The summed E-state index contributed by atoms with van der Waals surface area (Å²) in [6, 6.07) is 14.4. The Morgan fingerprint density at radius 1 is 1.04 bits per heavy atom. The molecule has 130 valence electrons. The molecule has 1 heterocycles. The van der Waals surface area contributed by atoms with Crippen LogP contribution in [-0.2, 0) is 14.6 Å². The minimum absolute atomic E-state index is 0.292. The fourth-order valence-electron chi connectivity index (χ4n) is 2.91. The van der Waals surface area contributed by atoms with E-state index in [2.05, 4.69) is 0 Å². The molecule has 2 aromatic rings. The van der Waals surface area contributed by atoms with Crippen LogP contribution in [0, 0.1) is 0 Å². The van der Waals surface area contributed by atoms with Gasteiger partial charge in [0.2, 0.25) is 0 Å². The first kappa shape index (κ1) is 17.0. The number of aliphatic hydroxyl groups is 1. The van der Waals surface area contributed by atoms with E-state index in [0.717, 1.165) is 6.26 Å². The van der Waals surface area contributed by atoms with Crippen molar-refractivity contribution in [1.29, 1.82) is 0 Å². The molecule has 1 aliphatic rings. The molecule has 0 fully saturated rings. The number of rotatable bonds is 4. The van der Waals surface area contributed by atoms with Crippen molar-refractivity contribution < 1.29 is 23.1 Å². The molecule has 6 nitrogen and oxygen atoms in total.